The minimum absolute atomic E-state index is 0.208. The highest BCUT2D eigenvalue weighted by Crippen LogP contribution is 2.39. The van der Waals surface area contributed by atoms with Crippen molar-refractivity contribution in [1.29, 1.82) is 0 Å². The Bertz CT molecular complexity index is 1570. The van der Waals surface area contributed by atoms with E-state index in [0.29, 0.717) is 40.4 Å². The van der Waals surface area contributed by atoms with Gasteiger partial charge in [0.2, 0.25) is 12.3 Å². The zero-order valence-electron chi connectivity index (χ0n) is 25.4. The lowest BCUT2D eigenvalue weighted by Crippen LogP contribution is -2.40. The molecule has 9 nitrogen and oxygen atoms in total. The van der Waals surface area contributed by atoms with Gasteiger partial charge in [-0.05, 0) is 100 Å². The summed E-state index contributed by atoms with van der Waals surface area (Å²) in [5.74, 6) is 1.73. The Morgan fingerprint density at radius 1 is 1.09 bits per heavy atom. The number of nitrogens with zero attached hydrogens (tertiary/aromatic N) is 4. The van der Waals surface area contributed by atoms with Crippen molar-refractivity contribution in [3.8, 4) is 11.5 Å². The molecule has 0 aromatic heterocycles. The molecule has 0 spiro atoms. The number of hydrogen-bond donors (Lipinski definition) is 3. The number of carbonyl (C=O) groups excluding carboxylic acids is 1. The van der Waals surface area contributed by atoms with E-state index < -0.39 is 6.35 Å². The van der Waals surface area contributed by atoms with Gasteiger partial charge < -0.3 is 20.9 Å². The zero-order chi connectivity index (χ0) is 30.7. The number of likely N-dealkylation sites (N-methyl/N-ethyl adjacent to an activating group) is 1. The number of hydrogen-bond acceptors (Lipinski definition) is 7. The van der Waals surface area contributed by atoms with Crippen LogP contribution in [0.1, 0.15) is 30.9 Å². The molecule has 1 atom stereocenters. The van der Waals surface area contributed by atoms with Crippen LogP contribution < -0.4 is 25.6 Å². The number of aliphatic imine (C=N–C) groups is 1. The number of rotatable bonds is 9. The number of anilines is 3. The van der Waals surface area contributed by atoms with Crippen LogP contribution in [-0.4, -0.2) is 54.8 Å². The van der Waals surface area contributed by atoms with E-state index >= 15 is 0 Å². The van der Waals surface area contributed by atoms with Gasteiger partial charge in [0.1, 0.15) is 17.2 Å². The standard InChI is InChI=1S/C34H40N6O3/c1-22-18-25(37-31(41)12-9-17-38(5)26-13-14-26)21-27(19-22)39-33(36-4)32(24(3)35)40(34(39)42)30-16-15-29(20-23(30)2)43-28-10-7-6-8-11-28/h6-12,15-16,18-21,26,34,42H,13-14,17,35H2,1-5H3,(H,37,41)/b12-9+,32-24-,36-33?. The SMILES string of the molecule is CN=C1/C(=C(\C)N)N(c2ccc(Oc3ccccc3)cc2C)C(O)N1c1cc(C)cc(NC(=O)/C=C/CN(C)C2CC2)c1. The molecule has 43 heavy (non-hydrogen) atoms. The first-order valence-corrected chi connectivity index (χ1v) is 14.5. The van der Waals surface area contributed by atoms with E-state index in [2.05, 4.69) is 22.3 Å². The molecule has 2 fully saturated rings. The van der Waals surface area contributed by atoms with Gasteiger partial charge in [-0.15, -0.1) is 0 Å². The third-order valence-electron chi connectivity index (χ3n) is 7.58. The number of benzene rings is 3. The molecule has 1 unspecified atom stereocenters. The number of allylic oxidation sites excluding steroid dienone is 1. The van der Waals surface area contributed by atoms with Gasteiger partial charge in [-0.2, -0.15) is 0 Å². The number of aryl methyl sites for hydroxylation is 2. The quantitative estimate of drug-likeness (QED) is 0.287. The number of para-hydroxylation sites is 1. The summed E-state index contributed by atoms with van der Waals surface area (Å²) >= 11 is 0. The van der Waals surface area contributed by atoms with Gasteiger partial charge in [0.15, 0.2) is 5.84 Å². The van der Waals surface area contributed by atoms with E-state index in [4.69, 9.17) is 10.5 Å². The third-order valence-corrected chi connectivity index (χ3v) is 7.58. The molecule has 1 aliphatic heterocycles. The van der Waals surface area contributed by atoms with Crippen LogP contribution in [0.5, 0.6) is 11.5 Å². The molecule has 3 aromatic carbocycles. The Morgan fingerprint density at radius 3 is 2.49 bits per heavy atom. The van der Waals surface area contributed by atoms with Gasteiger partial charge in [-0.3, -0.25) is 24.5 Å². The van der Waals surface area contributed by atoms with E-state index in [1.165, 1.54) is 12.8 Å². The van der Waals surface area contributed by atoms with Crippen LogP contribution >= 0.6 is 0 Å². The normalized spacial score (nSPS) is 19.0. The maximum Gasteiger partial charge on any atom is 0.248 e. The fourth-order valence-electron chi connectivity index (χ4n) is 5.38. The fourth-order valence-corrected chi connectivity index (χ4v) is 5.38. The average Bonchev–Trinajstić information content (AvgIpc) is 3.77. The van der Waals surface area contributed by atoms with Gasteiger partial charge in [0, 0.05) is 48.5 Å². The van der Waals surface area contributed by atoms with Crippen LogP contribution in [0.3, 0.4) is 0 Å². The minimum atomic E-state index is -1.14. The number of aliphatic hydroxyl groups is 1. The Hall–Kier alpha value is -4.60. The smallest absolute Gasteiger partial charge is 0.248 e. The van der Waals surface area contributed by atoms with Crippen LogP contribution in [0, 0.1) is 13.8 Å². The van der Waals surface area contributed by atoms with E-state index in [1.54, 1.807) is 29.8 Å². The highest BCUT2D eigenvalue weighted by atomic mass is 16.5. The molecule has 3 aromatic rings. The molecule has 5 rings (SSSR count). The Kier molecular flexibility index (Phi) is 8.84. The molecule has 224 valence electrons. The highest BCUT2D eigenvalue weighted by Gasteiger charge is 2.42. The van der Waals surface area contributed by atoms with E-state index in [-0.39, 0.29) is 5.91 Å². The number of amides is 1. The van der Waals surface area contributed by atoms with E-state index in [9.17, 15) is 9.90 Å². The molecule has 9 heteroatoms. The van der Waals surface area contributed by atoms with Crippen molar-refractivity contribution in [3.63, 3.8) is 0 Å². The summed E-state index contributed by atoms with van der Waals surface area (Å²) < 4.78 is 6.02. The fraction of sp³-hybridized carbons (Fsp3) is 0.294. The average molecular weight is 581 g/mol. The lowest BCUT2D eigenvalue weighted by atomic mass is 10.1. The lowest BCUT2D eigenvalue weighted by molar-refractivity contribution is -0.111. The van der Waals surface area contributed by atoms with Crippen LogP contribution in [0.15, 0.2) is 95.3 Å². The van der Waals surface area contributed by atoms with Crippen LogP contribution in [0.25, 0.3) is 0 Å². The summed E-state index contributed by atoms with van der Waals surface area (Å²) in [4.78, 5) is 23.0. The molecule has 1 heterocycles. The molecular formula is C34H40N6O3. The first-order chi connectivity index (χ1) is 20.7. The number of nitrogens with one attached hydrogen (secondary N) is 1. The number of aliphatic hydroxyl groups excluding tert-OH is 1. The molecule has 1 saturated carbocycles. The summed E-state index contributed by atoms with van der Waals surface area (Å²) in [6.07, 6.45) is 4.75. The number of nitrogens with two attached hydrogens (primary N) is 1. The monoisotopic (exact) mass is 580 g/mol. The van der Waals surface area contributed by atoms with Crippen molar-refractivity contribution in [2.24, 2.45) is 10.7 Å². The second kappa shape index (κ2) is 12.7. The Balaban J connectivity index is 1.41. The van der Waals surface area contributed by atoms with Crippen molar-refractivity contribution in [2.45, 2.75) is 46.0 Å². The Morgan fingerprint density at radius 2 is 1.84 bits per heavy atom. The molecule has 1 saturated heterocycles. The molecule has 2 aliphatic rings. The van der Waals surface area contributed by atoms with Gasteiger partial charge in [-0.25, -0.2) is 0 Å². The van der Waals surface area contributed by atoms with Crippen LogP contribution in [0.4, 0.5) is 17.1 Å². The molecule has 4 N–H and O–H groups in total. The third kappa shape index (κ3) is 6.74. The molecule has 0 bridgehead atoms. The second-order valence-electron chi connectivity index (χ2n) is 11.1. The first kappa shape index (κ1) is 29.9. The van der Waals surface area contributed by atoms with E-state index in [0.717, 1.165) is 29.1 Å². The summed E-state index contributed by atoms with van der Waals surface area (Å²) in [6.45, 7) is 6.44. The summed E-state index contributed by atoms with van der Waals surface area (Å²) in [5, 5.41) is 14.8. The number of carbonyl (C=O) groups is 1. The van der Waals surface area contributed by atoms with Crippen molar-refractivity contribution in [1.82, 2.24) is 4.90 Å². The van der Waals surface area contributed by atoms with Gasteiger partial charge in [0.25, 0.3) is 0 Å². The molecule has 1 aliphatic carbocycles. The highest BCUT2D eigenvalue weighted by molar-refractivity contribution is 6.16. The maximum absolute atomic E-state index is 12.7. The topological polar surface area (TPSA) is 107 Å². The van der Waals surface area contributed by atoms with Gasteiger partial charge in [-0.1, -0.05) is 24.3 Å². The second-order valence-corrected chi connectivity index (χ2v) is 11.1. The lowest BCUT2D eigenvalue weighted by Gasteiger charge is -2.29. The first-order valence-electron chi connectivity index (χ1n) is 14.5. The Labute approximate surface area is 253 Å². The van der Waals surface area contributed by atoms with Crippen molar-refractivity contribution >= 4 is 28.8 Å². The van der Waals surface area contributed by atoms with Gasteiger partial charge >= 0.3 is 0 Å². The van der Waals surface area contributed by atoms with Crippen molar-refractivity contribution in [2.75, 3.05) is 35.8 Å². The zero-order valence-corrected chi connectivity index (χ0v) is 25.4. The predicted molar refractivity (Wildman–Crippen MR) is 174 cm³/mol. The molecule has 1 amide bonds. The van der Waals surface area contributed by atoms with Crippen molar-refractivity contribution in [3.05, 3.63) is 101 Å². The molecular weight excluding hydrogens is 540 g/mol. The molecule has 0 radical (unpaired) electrons. The summed E-state index contributed by atoms with van der Waals surface area (Å²) in [5.41, 5.74) is 11.4. The minimum Gasteiger partial charge on any atom is -0.457 e. The maximum atomic E-state index is 12.7. The number of ether oxygens (including phenoxy) is 1. The largest absolute Gasteiger partial charge is 0.457 e. The summed E-state index contributed by atoms with van der Waals surface area (Å²) in [6, 6.07) is 21.6. The van der Waals surface area contributed by atoms with E-state index in [1.807, 2.05) is 86.7 Å². The van der Waals surface area contributed by atoms with Crippen LogP contribution in [-0.2, 0) is 4.79 Å². The van der Waals surface area contributed by atoms with Crippen molar-refractivity contribution < 1.29 is 14.6 Å². The predicted octanol–water partition coefficient (Wildman–Crippen LogP) is 5.51. The number of amidine groups is 1. The summed E-state index contributed by atoms with van der Waals surface area (Å²) in [7, 11) is 3.75. The van der Waals surface area contributed by atoms with Gasteiger partial charge in [0.05, 0.1) is 0 Å². The van der Waals surface area contributed by atoms with Crippen LogP contribution in [0.2, 0.25) is 0 Å².